The van der Waals surface area contributed by atoms with Gasteiger partial charge in [0.1, 0.15) is 0 Å². The first kappa shape index (κ1) is 15.9. The van der Waals surface area contributed by atoms with Crippen LogP contribution >= 0.6 is 11.3 Å². The third-order valence-corrected chi connectivity index (χ3v) is 5.17. The summed E-state index contributed by atoms with van der Waals surface area (Å²) in [6.45, 7) is 3.90. The fourth-order valence-electron chi connectivity index (χ4n) is 3.18. The van der Waals surface area contributed by atoms with Gasteiger partial charge in [-0.3, -0.25) is 4.79 Å². The number of carbonyl (C=O) groups excluding carboxylic acids is 2. The Hall–Kier alpha value is -1.95. The number of aromatic nitrogens is 1. The molecule has 2 atom stereocenters. The third-order valence-electron chi connectivity index (χ3n) is 4.38. The molecule has 1 aliphatic heterocycles. The number of hydrogen-bond acceptors (Lipinski definition) is 5. The fourth-order valence-corrected chi connectivity index (χ4v) is 3.90. The van der Waals surface area contributed by atoms with E-state index >= 15 is 0 Å². The summed E-state index contributed by atoms with van der Waals surface area (Å²) in [5.41, 5.74) is 3.05. The summed E-state index contributed by atoms with van der Waals surface area (Å²) in [7, 11) is 0. The van der Waals surface area contributed by atoms with Crippen LogP contribution in [-0.4, -0.2) is 40.5 Å². The molecule has 1 saturated heterocycles. The molecule has 2 heterocycles. The number of esters is 1. The summed E-state index contributed by atoms with van der Waals surface area (Å²) in [6.07, 6.45) is 3.15. The number of carbonyl (C=O) groups is 2. The molecule has 0 N–H and O–H groups in total. The van der Waals surface area contributed by atoms with Crippen LogP contribution in [0.15, 0.2) is 23.7 Å². The first-order valence-corrected chi connectivity index (χ1v) is 8.76. The molecule has 122 valence electrons. The number of benzene rings is 1. The molecule has 0 aliphatic carbocycles. The van der Waals surface area contributed by atoms with Crippen molar-refractivity contribution in [3.8, 4) is 0 Å². The SMILES string of the molecule is C[C@H]1CCC[C@H](C)N1C(=O)COC(=O)c1ccc2ncsc2c1. The predicted octanol–water partition coefficient (Wildman–Crippen LogP) is 3.24. The lowest BCUT2D eigenvalue weighted by atomic mass is 9.97. The molecule has 1 aromatic carbocycles. The monoisotopic (exact) mass is 332 g/mol. The summed E-state index contributed by atoms with van der Waals surface area (Å²) in [5.74, 6) is -0.581. The summed E-state index contributed by atoms with van der Waals surface area (Å²) in [5, 5.41) is 0. The molecule has 1 amide bonds. The molecule has 2 aromatic rings. The number of nitrogens with zero attached hydrogens (tertiary/aromatic N) is 2. The lowest BCUT2D eigenvalue weighted by Crippen LogP contribution is -2.49. The van der Waals surface area contributed by atoms with Gasteiger partial charge in [-0.05, 0) is 51.3 Å². The van der Waals surface area contributed by atoms with Crippen LogP contribution in [0.1, 0.15) is 43.5 Å². The second-order valence-corrected chi connectivity index (χ2v) is 6.93. The molecule has 0 unspecified atom stereocenters. The molecule has 1 aliphatic rings. The van der Waals surface area contributed by atoms with E-state index in [0.717, 1.165) is 29.5 Å². The molecule has 0 radical (unpaired) electrons. The van der Waals surface area contributed by atoms with Gasteiger partial charge in [-0.25, -0.2) is 9.78 Å². The maximum atomic E-state index is 12.4. The van der Waals surface area contributed by atoms with E-state index in [4.69, 9.17) is 4.74 Å². The van der Waals surface area contributed by atoms with E-state index in [0.29, 0.717) is 5.56 Å². The summed E-state index contributed by atoms with van der Waals surface area (Å²) < 4.78 is 6.15. The van der Waals surface area contributed by atoms with Gasteiger partial charge in [0.15, 0.2) is 6.61 Å². The van der Waals surface area contributed by atoms with Gasteiger partial charge in [0, 0.05) is 12.1 Å². The Labute approximate surface area is 139 Å². The highest BCUT2D eigenvalue weighted by Crippen LogP contribution is 2.23. The van der Waals surface area contributed by atoms with Crippen LogP contribution in [0.2, 0.25) is 0 Å². The third kappa shape index (κ3) is 3.37. The first-order chi connectivity index (χ1) is 11.1. The van der Waals surface area contributed by atoms with E-state index in [2.05, 4.69) is 4.98 Å². The van der Waals surface area contributed by atoms with Crippen molar-refractivity contribution >= 4 is 33.4 Å². The molecule has 0 spiro atoms. The van der Waals surface area contributed by atoms with Gasteiger partial charge >= 0.3 is 5.97 Å². The Kier molecular flexibility index (Phi) is 4.61. The van der Waals surface area contributed by atoms with Gasteiger partial charge in [-0.15, -0.1) is 11.3 Å². The van der Waals surface area contributed by atoms with Crippen molar-refractivity contribution in [2.75, 3.05) is 6.61 Å². The predicted molar refractivity (Wildman–Crippen MR) is 89.5 cm³/mol. The van der Waals surface area contributed by atoms with Crippen molar-refractivity contribution in [2.45, 2.75) is 45.2 Å². The van der Waals surface area contributed by atoms with Gasteiger partial charge in [-0.1, -0.05) is 0 Å². The minimum Gasteiger partial charge on any atom is -0.452 e. The number of fused-ring (bicyclic) bond motifs is 1. The number of thiazole rings is 1. The van der Waals surface area contributed by atoms with Crippen molar-refractivity contribution in [1.29, 1.82) is 0 Å². The maximum absolute atomic E-state index is 12.4. The number of piperidine rings is 1. The van der Waals surface area contributed by atoms with E-state index < -0.39 is 5.97 Å². The van der Waals surface area contributed by atoms with Crippen LogP contribution in [0.3, 0.4) is 0 Å². The van der Waals surface area contributed by atoms with Crippen LogP contribution < -0.4 is 0 Å². The van der Waals surface area contributed by atoms with Crippen molar-refractivity contribution in [2.24, 2.45) is 0 Å². The van der Waals surface area contributed by atoms with E-state index in [9.17, 15) is 9.59 Å². The molecule has 1 fully saturated rings. The zero-order chi connectivity index (χ0) is 16.4. The lowest BCUT2D eigenvalue weighted by Gasteiger charge is -2.38. The molecule has 0 saturated carbocycles. The molecule has 1 aromatic heterocycles. The zero-order valence-electron chi connectivity index (χ0n) is 13.3. The van der Waals surface area contributed by atoms with E-state index in [1.165, 1.54) is 11.3 Å². The topological polar surface area (TPSA) is 59.5 Å². The Morgan fingerprint density at radius 3 is 2.78 bits per heavy atom. The number of amides is 1. The lowest BCUT2D eigenvalue weighted by molar-refractivity contribution is -0.140. The largest absolute Gasteiger partial charge is 0.452 e. The van der Waals surface area contributed by atoms with Crippen molar-refractivity contribution in [3.05, 3.63) is 29.3 Å². The average molecular weight is 332 g/mol. The molecular weight excluding hydrogens is 312 g/mol. The second-order valence-electron chi connectivity index (χ2n) is 6.04. The summed E-state index contributed by atoms with van der Waals surface area (Å²) in [6, 6.07) is 5.64. The Balaban J connectivity index is 1.62. The van der Waals surface area contributed by atoms with Crippen molar-refractivity contribution < 1.29 is 14.3 Å². The van der Waals surface area contributed by atoms with Crippen LogP contribution in [0.5, 0.6) is 0 Å². The van der Waals surface area contributed by atoms with Crippen LogP contribution in [-0.2, 0) is 9.53 Å². The normalized spacial score (nSPS) is 21.4. The highest BCUT2D eigenvalue weighted by Gasteiger charge is 2.29. The van der Waals surface area contributed by atoms with Gasteiger partial charge < -0.3 is 9.64 Å². The van der Waals surface area contributed by atoms with Crippen LogP contribution in [0, 0.1) is 0 Å². The fraction of sp³-hybridized carbons (Fsp3) is 0.471. The summed E-state index contributed by atoms with van der Waals surface area (Å²) in [4.78, 5) is 30.5. The number of likely N-dealkylation sites (tertiary alicyclic amines) is 1. The quantitative estimate of drug-likeness (QED) is 0.810. The second kappa shape index (κ2) is 6.66. The van der Waals surface area contributed by atoms with Gasteiger partial charge in [0.05, 0.1) is 21.3 Å². The smallest absolute Gasteiger partial charge is 0.338 e. The highest BCUT2D eigenvalue weighted by molar-refractivity contribution is 7.16. The van der Waals surface area contributed by atoms with Crippen LogP contribution in [0.4, 0.5) is 0 Å². The Morgan fingerprint density at radius 2 is 2.04 bits per heavy atom. The number of ether oxygens (including phenoxy) is 1. The van der Waals surface area contributed by atoms with Gasteiger partial charge in [0.25, 0.3) is 5.91 Å². The molecule has 6 heteroatoms. The first-order valence-electron chi connectivity index (χ1n) is 7.88. The van der Waals surface area contributed by atoms with Gasteiger partial charge in [-0.2, -0.15) is 0 Å². The molecule has 5 nitrogen and oxygen atoms in total. The average Bonchev–Trinajstić information content (AvgIpc) is 3.00. The highest BCUT2D eigenvalue weighted by atomic mass is 32.1. The molecule has 3 rings (SSSR count). The summed E-state index contributed by atoms with van der Waals surface area (Å²) >= 11 is 1.47. The molecular formula is C17H20N2O3S. The van der Waals surface area contributed by atoms with Crippen LogP contribution in [0.25, 0.3) is 10.2 Å². The molecule has 0 bridgehead atoms. The maximum Gasteiger partial charge on any atom is 0.338 e. The Morgan fingerprint density at radius 1 is 1.30 bits per heavy atom. The van der Waals surface area contributed by atoms with E-state index in [1.54, 1.807) is 23.7 Å². The molecule has 23 heavy (non-hydrogen) atoms. The van der Waals surface area contributed by atoms with E-state index in [1.807, 2.05) is 18.7 Å². The minimum atomic E-state index is -0.467. The zero-order valence-corrected chi connectivity index (χ0v) is 14.1. The van der Waals surface area contributed by atoms with Crippen molar-refractivity contribution in [3.63, 3.8) is 0 Å². The Bertz CT molecular complexity index is 717. The van der Waals surface area contributed by atoms with Gasteiger partial charge in [0.2, 0.25) is 0 Å². The standard InChI is InChI=1S/C17H20N2O3S/c1-11-4-3-5-12(2)19(11)16(20)9-22-17(21)13-6-7-14-15(8-13)23-10-18-14/h6-8,10-12H,3-5,9H2,1-2H3/t11-,12-/m0/s1. The van der Waals surface area contributed by atoms with E-state index in [-0.39, 0.29) is 24.6 Å². The van der Waals surface area contributed by atoms with Crippen molar-refractivity contribution in [1.82, 2.24) is 9.88 Å². The number of rotatable bonds is 3. The number of hydrogen-bond donors (Lipinski definition) is 0. The minimum absolute atomic E-state index is 0.114.